The van der Waals surface area contributed by atoms with Crippen molar-refractivity contribution in [3.05, 3.63) is 59.7 Å². The molecule has 0 fully saturated rings. The molecular formula is C20H23N5O2. The molecule has 3 aromatic rings. The van der Waals surface area contributed by atoms with Crippen LogP contribution >= 0.6 is 0 Å². The van der Waals surface area contributed by atoms with Crippen LogP contribution in [0.25, 0.3) is 0 Å². The van der Waals surface area contributed by atoms with Crippen molar-refractivity contribution in [2.24, 2.45) is 0 Å². The van der Waals surface area contributed by atoms with Gasteiger partial charge in [-0.3, -0.25) is 0 Å². The van der Waals surface area contributed by atoms with Crippen LogP contribution in [0.15, 0.2) is 48.5 Å². The Hall–Kier alpha value is -3.22. The maximum atomic E-state index is 5.86. The molecule has 0 saturated heterocycles. The second kappa shape index (κ2) is 7.19. The number of nitrogen functional groups attached to an aromatic ring is 1. The third kappa shape index (κ3) is 3.40. The third-order valence-corrected chi connectivity index (χ3v) is 4.80. The van der Waals surface area contributed by atoms with E-state index in [-0.39, 0.29) is 18.0 Å². The summed E-state index contributed by atoms with van der Waals surface area (Å²) in [6.45, 7) is 2.63. The number of nitrogens with zero attached hydrogens (tertiary/aromatic N) is 3. The molecule has 0 saturated carbocycles. The van der Waals surface area contributed by atoms with Crippen LogP contribution in [-0.4, -0.2) is 28.5 Å². The van der Waals surface area contributed by atoms with Crippen LogP contribution in [0.5, 0.6) is 11.5 Å². The standard InChI is InChI=1S/C20H23N5O2/c1-3-27-16-10-6-14(7-11-16)18-12-17(13-4-8-15(26-2)9-5-13)22-20-23-19(21)24-25(18)20/h4-11,17-18H,3,12H2,1-2H3,(H3,21,22,23,24). The molecule has 0 spiro atoms. The monoisotopic (exact) mass is 365 g/mol. The lowest BCUT2D eigenvalue weighted by Gasteiger charge is -2.31. The summed E-state index contributed by atoms with van der Waals surface area (Å²) in [5.41, 5.74) is 8.17. The van der Waals surface area contributed by atoms with E-state index in [2.05, 4.69) is 39.7 Å². The van der Waals surface area contributed by atoms with E-state index < -0.39 is 0 Å². The smallest absolute Gasteiger partial charge is 0.241 e. The fourth-order valence-electron chi connectivity index (χ4n) is 3.48. The third-order valence-electron chi connectivity index (χ3n) is 4.80. The predicted octanol–water partition coefficient (Wildman–Crippen LogP) is 3.41. The molecule has 2 heterocycles. The highest BCUT2D eigenvalue weighted by Gasteiger charge is 2.30. The molecule has 0 aliphatic carbocycles. The molecule has 2 atom stereocenters. The van der Waals surface area contributed by atoms with Gasteiger partial charge in [-0.15, -0.1) is 5.10 Å². The van der Waals surface area contributed by atoms with Crippen molar-refractivity contribution in [3.8, 4) is 11.5 Å². The van der Waals surface area contributed by atoms with Gasteiger partial charge in [-0.05, 0) is 48.7 Å². The van der Waals surface area contributed by atoms with Gasteiger partial charge in [-0.2, -0.15) is 4.98 Å². The zero-order valence-corrected chi connectivity index (χ0v) is 15.4. The van der Waals surface area contributed by atoms with Crippen LogP contribution in [0.3, 0.4) is 0 Å². The molecule has 1 aromatic heterocycles. The number of hydrogen-bond acceptors (Lipinski definition) is 6. The van der Waals surface area contributed by atoms with Crippen LogP contribution in [0.2, 0.25) is 0 Å². The fourth-order valence-corrected chi connectivity index (χ4v) is 3.48. The average Bonchev–Trinajstić information content (AvgIpc) is 3.08. The number of nitrogens with two attached hydrogens (primary N) is 1. The second-order valence-corrected chi connectivity index (χ2v) is 6.46. The highest BCUT2D eigenvalue weighted by atomic mass is 16.5. The minimum atomic E-state index is 0.0360. The molecule has 27 heavy (non-hydrogen) atoms. The molecule has 1 aliphatic heterocycles. The Balaban J connectivity index is 1.66. The van der Waals surface area contributed by atoms with Crippen molar-refractivity contribution in [2.75, 3.05) is 24.8 Å². The van der Waals surface area contributed by atoms with Crippen LogP contribution in [0.4, 0.5) is 11.9 Å². The molecule has 7 heteroatoms. The number of methoxy groups -OCH3 is 1. The van der Waals surface area contributed by atoms with Crippen molar-refractivity contribution in [1.29, 1.82) is 0 Å². The number of anilines is 2. The van der Waals surface area contributed by atoms with Crippen LogP contribution in [-0.2, 0) is 0 Å². The summed E-state index contributed by atoms with van der Waals surface area (Å²) >= 11 is 0. The number of benzene rings is 2. The quantitative estimate of drug-likeness (QED) is 0.720. The van der Waals surface area contributed by atoms with E-state index in [1.165, 1.54) is 5.56 Å². The molecule has 2 aromatic carbocycles. The second-order valence-electron chi connectivity index (χ2n) is 6.46. The summed E-state index contributed by atoms with van der Waals surface area (Å²) < 4.78 is 12.7. The Bertz CT molecular complexity index is 905. The van der Waals surface area contributed by atoms with E-state index in [4.69, 9.17) is 15.2 Å². The summed E-state index contributed by atoms with van der Waals surface area (Å²) in [4.78, 5) is 4.35. The highest BCUT2D eigenvalue weighted by molar-refractivity contribution is 5.43. The molecular weight excluding hydrogens is 342 g/mol. The molecule has 7 nitrogen and oxygen atoms in total. The Kier molecular flexibility index (Phi) is 4.58. The number of ether oxygens (including phenoxy) is 2. The normalized spacial score (nSPS) is 18.4. The number of nitrogens with one attached hydrogen (secondary N) is 1. The Labute approximate surface area is 158 Å². The zero-order valence-electron chi connectivity index (χ0n) is 15.4. The lowest BCUT2D eigenvalue weighted by atomic mass is 9.93. The number of rotatable bonds is 5. The molecule has 4 rings (SSSR count). The molecule has 0 bridgehead atoms. The van der Waals surface area contributed by atoms with Gasteiger partial charge < -0.3 is 20.5 Å². The zero-order chi connectivity index (χ0) is 18.8. The maximum Gasteiger partial charge on any atom is 0.241 e. The maximum absolute atomic E-state index is 5.86. The first kappa shape index (κ1) is 17.2. The van der Waals surface area contributed by atoms with Gasteiger partial charge in [-0.1, -0.05) is 24.3 Å². The average molecular weight is 365 g/mol. The van der Waals surface area contributed by atoms with Crippen molar-refractivity contribution < 1.29 is 9.47 Å². The summed E-state index contributed by atoms with van der Waals surface area (Å²) in [5.74, 6) is 2.65. The van der Waals surface area contributed by atoms with Gasteiger partial charge in [0.15, 0.2) is 0 Å². The predicted molar refractivity (Wildman–Crippen MR) is 104 cm³/mol. The fraction of sp³-hybridized carbons (Fsp3) is 0.300. The lowest BCUT2D eigenvalue weighted by molar-refractivity contribution is 0.340. The van der Waals surface area contributed by atoms with Crippen molar-refractivity contribution in [1.82, 2.24) is 14.8 Å². The van der Waals surface area contributed by atoms with Crippen molar-refractivity contribution in [3.63, 3.8) is 0 Å². The van der Waals surface area contributed by atoms with E-state index in [0.29, 0.717) is 12.6 Å². The van der Waals surface area contributed by atoms with Crippen LogP contribution in [0, 0.1) is 0 Å². The number of hydrogen-bond donors (Lipinski definition) is 2. The van der Waals surface area contributed by atoms with Crippen LogP contribution < -0.4 is 20.5 Å². The Morgan fingerprint density at radius 3 is 2.41 bits per heavy atom. The van der Waals surface area contributed by atoms with Crippen LogP contribution in [0.1, 0.15) is 36.6 Å². The SMILES string of the molecule is CCOc1ccc(C2CC(c3ccc(OC)cc3)Nc3nc(N)nn32)cc1. The lowest BCUT2D eigenvalue weighted by Crippen LogP contribution is -2.28. The first-order chi connectivity index (χ1) is 13.2. The van der Waals surface area contributed by atoms with E-state index in [9.17, 15) is 0 Å². The summed E-state index contributed by atoms with van der Waals surface area (Å²) in [6.07, 6.45) is 0.829. The number of aromatic nitrogens is 3. The molecule has 2 unspecified atom stereocenters. The first-order valence-electron chi connectivity index (χ1n) is 9.03. The van der Waals surface area contributed by atoms with Gasteiger partial charge >= 0.3 is 0 Å². The van der Waals surface area contributed by atoms with Gasteiger partial charge in [0, 0.05) is 0 Å². The van der Waals surface area contributed by atoms with E-state index in [1.54, 1.807) is 7.11 Å². The Morgan fingerprint density at radius 1 is 1.07 bits per heavy atom. The summed E-state index contributed by atoms with van der Waals surface area (Å²) in [5, 5.41) is 7.84. The minimum absolute atomic E-state index is 0.0360. The highest BCUT2D eigenvalue weighted by Crippen LogP contribution is 2.38. The molecule has 3 N–H and O–H groups in total. The minimum Gasteiger partial charge on any atom is -0.497 e. The molecule has 0 radical (unpaired) electrons. The van der Waals surface area contributed by atoms with E-state index in [1.807, 2.05) is 35.9 Å². The number of fused-ring (bicyclic) bond motifs is 1. The van der Waals surface area contributed by atoms with E-state index >= 15 is 0 Å². The van der Waals surface area contributed by atoms with Gasteiger partial charge in [-0.25, -0.2) is 4.68 Å². The van der Waals surface area contributed by atoms with Gasteiger partial charge in [0.1, 0.15) is 11.5 Å². The molecule has 140 valence electrons. The topological polar surface area (TPSA) is 87.2 Å². The van der Waals surface area contributed by atoms with E-state index in [0.717, 1.165) is 23.5 Å². The summed E-state index contributed by atoms with van der Waals surface area (Å²) in [6, 6.07) is 16.3. The Morgan fingerprint density at radius 2 is 1.74 bits per heavy atom. The van der Waals surface area contributed by atoms with Crippen molar-refractivity contribution in [2.45, 2.75) is 25.4 Å². The molecule has 0 amide bonds. The van der Waals surface area contributed by atoms with Crippen molar-refractivity contribution >= 4 is 11.9 Å². The first-order valence-corrected chi connectivity index (χ1v) is 9.03. The van der Waals surface area contributed by atoms with Gasteiger partial charge in [0.25, 0.3) is 0 Å². The van der Waals surface area contributed by atoms with Gasteiger partial charge in [0.2, 0.25) is 11.9 Å². The largest absolute Gasteiger partial charge is 0.497 e. The van der Waals surface area contributed by atoms with Gasteiger partial charge in [0.05, 0.1) is 25.8 Å². The summed E-state index contributed by atoms with van der Waals surface area (Å²) in [7, 11) is 1.67. The molecule has 1 aliphatic rings.